The fraction of sp³-hybridized carbons (Fsp3) is 0.294. The first-order valence-electron chi connectivity index (χ1n) is 8.08. The molecule has 0 spiro atoms. The third kappa shape index (κ3) is 3.85. The summed E-state index contributed by atoms with van der Waals surface area (Å²) in [5, 5.41) is 0.0982. The van der Waals surface area contributed by atoms with E-state index in [1.807, 2.05) is 0 Å². The molecule has 0 radical (unpaired) electrons. The summed E-state index contributed by atoms with van der Waals surface area (Å²) in [6.07, 6.45) is 0. The van der Waals surface area contributed by atoms with Crippen LogP contribution in [-0.4, -0.2) is 44.4 Å². The number of halogens is 1. The second-order valence-corrected chi connectivity index (χ2v) is 8.00. The monoisotopic (exact) mass is 412 g/mol. The highest BCUT2D eigenvalue weighted by atomic mass is 35.5. The van der Waals surface area contributed by atoms with Gasteiger partial charge in [-0.15, -0.1) is 0 Å². The number of rotatable bonds is 5. The van der Waals surface area contributed by atoms with Gasteiger partial charge in [-0.25, -0.2) is 13.2 Å². The van der Waals surface area contributed by atoms with Crippen LogP contribution in [0.15, 0.2) is 29.3 Å². The molecular formula is C17H17ClN2O6S. The van der Waals surface area contributed by atoms with E-state index in [2.05, 4.69) is 9.71 Å². The molecule has 2 aromatic rings. The summed E-state index contributed by atoms with van der Waals surface area (Å²) in [5.41, 5.74) is 0.661. The topological polar surface area (TPSA) is 115 Å². The Balaban J connectivity index is 1.84. The molecule has 0 saturated carbocycles. The van der Waals surface area contributed by atoms with E-state index < -0.39 is 27.8 Å². The van der Waals surface area contributed by atoms with E-state index in [0.29, 0.717) is 16.5 Å². The number of fused-ring (bicyclic) bond motifs is 1. The molecule has 1 atom stereocenters. The number of ketones is 1. The van der Waals surface area contributed by atoms with Crippen LogP contribution >= 0.6 is 11.6 Å². The standard InChI is InChI=1S/C17H17ClN2O6S/c1-3-25-17(22)11-7-15(19-9(11)2)27(23,24)20-13-8-26-14-5-4-10(18)6-12(14)16(13)21/h4-7,13,19-20H,3,8H2,1-2H3. The average molecular weight is 413 g/mol. The normalized spacial score (nSPS) is 16.6. The van der Waals surface area contributed by atoms with E-state index in [0.717, 1.165) is 0 Å². The number of hydrogen-bond donors (Lipinski definition) is 2. The molecule has 144 valence electrons. The Morgan fingerprint density at radius 2 is 2.15 bits per heavy atom. The third-order valence-electron chi connectivity index (χ3n) is 4.00. The molecule has 1 aliphatic rings. The van der Waals surface area contributed by atoms with Gasteiger partial charge in [-0.05, 0) is 38.1 Å². The lowest BCUT2D eigenvalue weighted by Gasteiger charge is -2.24. The van der Waals surface area contributed by atoms with Crippen molar-refractivity contribution < 1.29 is 27.5 Å². The van der Waals surface area contributed by atoms with Gasteiger partial charge in [0, 0.05) is 10.7 Å². The molecule has 1 aromatic heterocycles. The Kier molecular flexibility index (Phi) is 5.27. The van der Waals surface area contributed by atoms with Crippen molar-refractivity contribution in [2.24, 2.45) is 0 Å². The number of aryl methyl sites for hydroxylation is 1. The van der Waals surface area contributed by atoms with Crippen LogP contribution in [0.5, 0.6) is 5.75 Å². The van der Waals surface area contributed by atoms with E-state index >= 15 is 0 Å². The van der Waals surface area contributed by atoms with Crippen molar-refractivity contribution in [3.05, 3.63) is 46.1 Å². The SMILES string of the molecule is CCOC(=O)c1cc(S(=O)(=O)NC2COc3ccc(Cl)cc3C2=O)[nH]c1C. The predicted octanol–water partition coefficient (Wildman–Crippen LogP) is 2.08. The van der Waals surface area contributed by atoms with Gasteiger partial charge in [0.05, 0.1) is 17.7 Å². The van der Waals surface area contributed by atoms with Gasteiger partial charge in [-0.2, -0.15) is 4.72 Å². The van der Waals surface area contributed by atoms with Gasteiger partial charge in [0.15, 0.2) is 5.78 Å². The maximum absolute atomic E-state index is 12.6. The largest absolute Gasteiger partial charge is 0.491 e. The lowest BCUT2D eigenvalue weighted by molar-refractivity contribution is 0.0525. The number of aromatic amines is 1. The molecule has 2 heterocycles. The Bertz CT molecular complexity index is 1010. The summed E-state index contributed by atoms with van der Waals surface area (Å²) >= 11 is 5.90. The molecule has 0 saturated heterocycles. The molecule has 8 nitrogen and oxygen atoms in total. The number of sulfonamides is 1. The summed E-state index contributed by atoms with van der Waals surface area (Å²) < 4.78 is 37.9. The number of benzene rings is 1. The van der Waals surface area contributed by atoms with Gasteiger partial charge in [0.2, 0.25) is 0 Å². The number of hydrogen-bond acceptors (Lipinski definition) is 6. The molecule has 0 amide bonds. The van der Waals surface area contributed by atoms with E-state index in [4.69, 9.17) is 21.1 Å². The smallest absolute Gasteiger partial charge is 0.339 e. The number of Topliss-reactive ketones (excluding diaryl/α,β-unsaturated/α-hetero) is 1. The molecule has 27 heavy (non-hydrogen) atoms. The Labute approximate surface area is 160 Å². The molecular weight excluding hydrogens is 396 g/mol. The van der Waals surface area contributed by atoms with Crippen LogP contribution < -0.4 is 9.46 Å². The average Bonchev–Trinajstić information content (AvgIpc) is 3.01. The van der Waals surface area contributed by atoms with Crippen molar-refractivity contribution in [1.82, 2.24) is 9.71 Å². The summed E-state index contributed by atoms with van der Waals surface area (Å²) in [6.45, 7) is 3.22. The molecule has 2 N–H and O–H groups in total. The second-order valence-electron chi connectivity index (χ2n) is 5.88. The van der Waals surface area contributed by atoms with Crippen molar-refractivity contribution in [3.8, 4) is 5.75 Å². The Morgan fingerprint density at radius 3 is 2.85 bits per heavy atom. The number of nitrogens with one attached hydrogen (secondary N) is 2. The van der Waals surface area contributed by atoms with Crippen molar-refractivity contribution in [3.63, 3.8) is 0 Å². The molecule has 0 fully saturated rings. The first-order valence-corrected chi connectivity index (χ1v) is 9.94. The third-order valence-corrected chi connectivity index (χ3v) is 5.63. The van der Waals surface area contributed by atoms with Crippen LogP contribution in [0.4, 0.5) is 0 Å². The number of carbonyl (C=O) groups excluding carboxylic acids is 2. The lowest BCUT2D eigenvalue weighted by atomic mass is 10.0. The quantitative estimate of drug-likeness (QED) is 0.726. The van der Waals surface area contributed by atoms with Gasteiger partial charge < -0.3 is 14.5 Å². The molecule has 0 bridgehead atoms. The van der Waals surface area contributed by atoms with Gasteiger partial charge in [-0.1, -0.05) is 11.6 Å². The fourth-order valence-corrected chi connectivity index (χ4v) is 4.10. The Hall–Kier alpha value is -2.36. The van der Waals surface area contributed by atoms with Crippen LogP contribution in [0.25, 0.3) is 0 Å². The summed E-state index contributed by atoms with van der Waals surface area (Å²) in [5.74, 6) is -0.732. The minimum absolute atomic E-state index is 0.112. The lowest BCUT2D eigenvalue weighted by Crippen LogP contribution is -2.47. The van der Waals surface area contributed by atoms with Crippen molar-refractivity contribution >= 4 is 33.4 Å². The summed E-state index contributed by atoms with van der Waals surface area (Å²) in [7, 11) is -4.10. The highest BCUT2D eigenvalue weighted by molar-refractivity contribution is 7.89. The van der Waals surface area contributed by atoms with Crippen molar-refractivity contribution in [2.75, 3.05) is 13.2 Å². The van der Waals surface area contributed by atoms with Gasteiger partial charge >= 0.3 is 5.97 Å². The number of ether oxygens (including phenoxy) is 2. The maximum atomic E-state index is 12.6. The molecule has 1 aliphatic heterocycles. The highest BCUT2D eigenvalue weighted by Gasteiger charge is 2.33. The zero-order valence-corrected chi connectivity index (χ0v) is 16.1. The number of esters is 1. The van der Waals surface area contributed by atoms with Crippen LogP contribution in [0.1, 0.15) is 33.3 Å². The molecule has 1 aromatic carbocycles. The predicted molar refractivity (Wildman–Crippen MR) is 96.9 cm³/mol. The maximum Gasteiger partial charge on any atom is 0.339 e. The number of carbonyl (C=O) groups is 2. The van der Waals surface area contributed by atoms with Crippen molar-refractivity contribution in [2.45, 2.75) is 24.9 Å². The highest BCUT2D eigenvalue weighted by Crippen LogP contribution is 2.28. The Morgan fingerprint density at radius 1 is 1.41 bits per heavy atom. The van der Waals surface area contributed by atoms with E-state index in [9.17, 15) is 18.0 Å². The minimum atomic E-state index is -4.10. The van der Waals surface area contributed by atoms with Crippen LogP contribution in [0.3, 0.4) is 0 Å². The second kappa shape index (κ2) is 7.34. The van der Waals surface area contributed by atoms with E-state index in [-0.39, 0.29) is 29.4 Å². The molecule has 3 rings (SSSR count). The fourth-order valence-electron chi connectivity index (χ4n) is 2.69. The summed E-state index contributed by atoms with van der Waals surface area (Å²) in [6, 6.07) is 4.62. The van der Waals surface area contributed by atoms with E-state index in [1.165, 1.54) is 12.1 Å². The van der Waals surface area contributed by atoms with E-state index in [1.54, 1.807) is 26.0 Å². The zero-order valence-electron chi connectivity index (χ0n) is 14.5. The van der Waals surface area contributed by atoms with Crippen LogP contribution in [-0.2, 0) is 14.8 Å². The van der Waals surface area contributed by atoms with Gasteiger partial charge in [0.25, 0.3) is 10.0 Å². The number of H-pyrrole nitrogens is 1. The van der Waals surface area contributed by atoms with Crippen LogP contribution in [0.2, 0.25) is 5.02 Å². The minimum Gasteiger partial charge on any atom is -0.491 e. The molecule has 0 aliphatic carbocycles. The van der Waals surface area contributed by atoms with Crippen molar-refractivity contribution in [1.29, 1.82) is 0 Å². The summed E-state index contributed by atoms with van der Waals surface area (Å²) in [4.78, 5) is 27.1. The zero-order chi connectivity index (χ0) is 19.8. The first-order chi connectivity index (χ1) is 12.7. The van der Waals surface area contributed by atoms with Gasteiger partial charge in [-0.3, -0.25) is 4.79 Å². The van der Waals surface area contributed by atoms with Gasteiger partial charge in [0.1, 0.15) is 23.4 Å². The molecule has 1 unspecified atom stereocenters. The number of aromatic nitrogens is 1. The molecule has 10 heteroatoms. The van der Waals surface area contributed by atoms with Crippen LogP contribution in [0, 0.1) is 6.92 Å². The first kappa shape index (κ1) is 19.4.